The Morgan fingerprint density at radius 1 is 1.19 bits per heavy atom. The van der Waals surface area contributed by atoms with Gasteiger partial charge >= 0.3 is 12.3 Å². The molecule has 0 radical (unpaired) electrons. The second-order valence-electron chi connectivity index (χ2n) is 8.56. The molecule has 3 heterocycles. The first kappa shape index (κ1) is 21.9. The normalized spacial score (nSPS) is 27.5. The Hall–Kier alpha value is -2.36. The molecule has 4 rings (SSSR count). The largest absolute Gasteiger partial charge is 0.453 e. The van der Waals surface area contributed by atoms with Gasteiger partial charge in [0.2, 0.25) is 0 Å². The number of rotatable bonds is 2. The predicted molar refractivity (Wildman–Crippen MR) is 106 cm³/mol. The van der Waals surface area contributed by atoms with Crippen LogP contribution in [0.4, 0.5) is 18.0 Å². The van der Waals surface area contributed by atoms with Crippen LogP contribution in [0.25, 0.3) is 5.65 Å². The third kappa shape index (κ3) is 4.49. The van der Waals surface area contributed by atoms with E-state index < -0.39 is 24.3 Å². The molecular formula is C21H27F3N4O3. The number of amides is 1. The molecule has 0 aromatic carbocycles. The highest BCUT2D eigenvalue weighted by atomic mass is 19.4. The van der Waals surface area contributed by atoms with E-state index in [1.807, 2.05) is 26.0 Å². The van der Waals surface area contributed by atoms with Gasteiger partial charge in [-0.15, -0.1) is 0 Å². The topological polar surface area (TPSA) is 69.0 Å². The van der Waals surface area contributed by atoms with Crippen molar-refractivity contribution >= 4 is 11.7 Å². The van der Waals surface area contributed by atoms with Gasteiger partial charge < -0.3 is 14.4 Å². The molecule has 10 heteroatoms. The number of carbonyl (C=O) groups excluding carboxylic acids is 1. The zero-order chi connectivity index (χ0) is 22.3. The van der Waals surface area contributed by atoms with Crippen molar-refractivity contribution in [2.24, 2.45) is 5.92 Å². The van der Waals surface area contributed by atoms with E-state index in [1.54, 1.807) is 9.42 Å². The zero-order valence-corrected chi connectivity index (χ0v) is 17.9. The summed E-state index contributed by atoms with van der Waals surface area (Å²) in [5.74, 6) is -1.25. The van der Waals surface area contributed by atoms with Gasteiger partial charge in [-0.25, -0.2) is 14.3 Å². The minimum Gasteiger partial charge on any atom is -0.453 e. The van der Waals surface area contributed by atoms with Crippen LogP contribution in [0.2, 0.25) is 0 Å². The molecule has 170 valence electrons. The number of fused-ring (bicyclic) bond motifs is 1. The number of nitrogens with zero attached hydrogens (tertiary/aromatic N) is 4. The first-order valence-electron chi connectivity index (χ1n) is 10.6. The van der Waals surface area contributed by atoms with Crippen LogP contribution in [0, 0.1) is 12.8 Å². The van der Waals surface area contributed by atoms with Gasteiger partial charge in [0, 0.05) is 17.7 Å². The van der Waals surface area contributed by atoms with E-state index in [0.717, 1.165) is 17.1 Å². The van der Waals surface area contributed by atoms with Gasteiger partial charge in [-0.05, 0) is 45.6 Å². The fourth-order valence-corrected chi connectivity index (χ4v) is 4.69. The molecule has 1 amide bonds. The van der Waals surface area contributed by atoms with Crippen molar-refractivity contribution in [1.82, 2.24) is 19.5 Å². The first-order chi connectivity index (χ1) is 14.7. The lowest BCUT2D eigenvalue weighted by Crippen LogP contribution is -2.46. The second kappa shape index (κ2) is 8.29. The number of methoxy groups -OCH3 is 1. The Labute approximate surface area is 178 Å². The molecule has 1 saturated carbocycles. The number of hydrogen-bond donors (Lipinski definition) is 0. The van der Waals surface area contributed by atoms with Crippen molar-refractivity contribution in [2.45, 2.75) is 63.8 Å². The molecule has 1 aliphatic carbocycles. The summed E-state index contributed by atoms with van der Waals surface area (Å²) in [4.78, 5) is 18.2. The lowest BCUT2D eigenvalue weighted by atomic mass is 9.80. The quantitative estimate of drug-likeness (QED) is 0.692. The number of ether oxygens (including phenoxy) is 2. The molecule has 0 spiro atoms. The van der Waals surface area contributed by atoms with Crippen LogP contribution < -0.4 is 0 Å². The monoisotopic (exact) mass is 440 g/mol. The van der Waals surface area contributed by atoms with Crippen LogP contribution in [-0.2, 0) is 9.47 Å². The highest BCUT2D eigenvalue weighted by molar-refractivity contribution is 5.67. The maximum atomic E-state index is 13.0. The van der Waals surface area contributed by atoms with E-state index in [0.29, 0.717) is 31.6 Å². The summed E-state index contributed by atoms with van der Waals surface area (Å²) in [7, 11) is 1.35. The van der Waals surface area contributed by atoms with E-state index in [-0.39, 0.29) is 24.9 Å². The molecule has 2 fully saturated rings. The first-order valence-corrected chi connectivity index (χ1v) is 10.6. The van der Waals surface area contributed by atoms with Gasteiger partial charge in [0.05, 0.1) is 43.6 Å². The molecule has 31 heavy (non-hydrogen) atoms. The van der Waals surface area contributed by atoms with E-state index in [9.17, 15) is 18.0 Å². The standard InChI is InChI=1S/C21H27F3N4O3/c1-12-8-17(18-11-27(20(29)30-3)10-13(2)31-18)28-19(25-12)9-16(26-28)14-4-6-15(7-5-14)21(22,23)24/h8-9,13-15,18H,4-7,10-11H2,1-3H3/t13-,14?,15?,18-/m1/s1. The van der Waals surface area contributed by atoms with Crippen LogP contribution in [0.15, 0.2) is 12.1 Å². The number of carbonyl (C=O) groups is 1. The minimum absolute atomic E-state index is 0.0220. The lowest BCUT2D eigenvalue weighted by molar-refractivity contribution is -0.182. The van der Waals surface area contributed by atoms with Crippen molar-refractivity contribution in [1.29, 1.82) is 0 Å². The molecule has 2 atom stereocenters. The van der Waals surface area contributed by atoms with Crippen molar-refractivity contribution in [3.63, 3.8) is 0 Å². The van der Waals surface area contributed by atoms with Crippen molar-refractivity contribution in [3.8, 4) is 0 Å². The Morgan fingerprint density at radius 2 is 1.90 bits per heavy atom. The summed E-state index contributed by atoms with van der Waals surface area (Å²) in [6.45, 7) is 4.51. The maximum Gasteiger partial charge on any atom is 0.409 e. The molecule has 1 aliphatic heterocycles. The second-order valence-corrected chi connectivity index (χ2v) is 8.56. The molecule has 2 aliphatic rings. The van der Waals surface area contributed by atoms with Gasteiger partial charge in [0.15, 0.2) is 5.65 Å². The number of halogens is 3. The summed E-state index contributed by atoms with van der Waals surface area (Å²) < 4.78 is 51.7. The van der Waals surface area contributed by atoms with Crippen LogP contribution in [0.1, 0.15) is 61.7 Å². The third-order valence-corrected chi connectivity index (χ3v) is 6.23. The van der Waals surface area contributed by atoms with Crippen LogP contribution in [-0.4, -0.2) is 58.1 Å². The fourth-order valence-electron chi connectivity index (χ4n) is 4.69. The predicted octanol–water partition coefficient (Wildman–Crippen LogP) is 4.40. The summed E-state index contributed by atoms with van der Waals surface area (Å²) in [6, 6.07) is 3.74. The van der Waals surface area contributed by atoms with Gasteiger partial charge in [-0.3, -0.25) is 0 Å². The van der Waals surface area contributed by atoms with E-state index in [1.165, 1.54) is 7.11 Å². The lowest BCUT2D eigenvalue weighted by Gasteiger charge is -2.36. The summed E-state index contributed by atoms with van der Waals surface area (Å²) in [5.41, 5.74) is 2.93. The highest BCUT2D eigenvalue weighted by Gasteiger charge is 2.42. The molecule has 0 bridgehead atoms. The van der Waals surface area contributed by atoms with E-state index in [2.05, 4.69) is 4.98 Å². The summed E-state index contributed by atoms with van der Waals surface area (Å²) >= 11 is 0. The molecule has 0 unspecified atom stereocenters. The number of hydrogen-bond acceptors (Lipinski definition) is 5. The highest BCUT2D eigenvalue weighted by Crippen LogP contribution is 2.42. The Balaban J connectivity index is 1.61. The Morgan fingerprint density at radius 3 is 2.55 bits per heavy atom. The molecular weight excluding hydrogens is 413 g/mol. The zero-order valence-electron chi connectivity index (χ0n) is 17.9. The SMILES string of the molecule is COC(=O)N1C[C@@H](C)O[C@@H](c2cc(C)nc3cc(C4CCC(C(F)(F)F)CC4)nn23)C1. The number of aryl methyl sites for hydroxylation is 1. The van der Waals surface area contributed by atoms with E-state index in [4.69, 9.17) is 14.6 Å². The average molecular weight is 440 g/mol. The molecule has 1 saturated heterocycles. The molecule has 2 aromatic heterocycles. The molecule has 7 nitrogen and oxygen atoms in total. The number of aromatic nitrogens is 3. The van der Waals surface area contributed by atoms with Crippen LogP contribution in [0.5, 0.6) is 0 Å². The average Bonchev–Trinajstić information content (AvgIpc) is 3.15. The van der Waals surface area contributed by atoms with Crippen molar-refractivity contribution in [3.05, 3.63) is 29.2 Å². The third-order valence-electron chi connectivity index (χ3n) is 6.23. The minimum atomic E-state index is -4.13. The van der Waals surface area contributed by atoms with Crippen molar-refractivity contribution in [2.75, 3.05) is 20.2 Å². The molecule has 0 N–H and O–H groups in total. The fraction of sp³-hybridized carbons (Fsp3) is 0.667. The smallest absolute Gasteiger partial charge is 0.409 e. The number of alkyl halides is 3. The van der Waals surface area contributed by atoms with E-state index >= 15 is 0 Å². The van der Waals surface area contributed by atoms with Crippen molar-refractivity contribution < 1.29 is 27.4 Å². The van der Waals surface area contributed by atoms with Gasteiger partial charge in [-0.2, -0.15) is 18.3 Å². The summed E-state index contributed by atoms with van der Waals surface area (Å²) in [5, 5.41) is 4.71. The summed E-state index contributed by atoms with van der Waals surface area (Å²) in [6.07, 6.45) is -3.99. The molecule has 2 aromatic rings. The maximum absolute atomic E-state index is 13.0. The Bertz CT molecular complexity index is 953. The van der Waals surface area contributed by atoms with Gasteiger partial charge in [0.25, 0.3) is 0 Å². The van der Waals surface area contributed by atoms with Gasteiger partial charge in [-0.1, -0.05) is 0 Å². The number of morpholine rings is 1. The van der Waals surface area contributed by atoms with Crippen LogP contribution >= 0.6 is 0 Å². The Kier molecular flexibility index (Phi) is 5.85. The van der Waals surface area contributed by atoms with Crippen LogP contribution in [0.3, 0.4) is 0 Å². The van der Waals surface area contributed by atoms with Gasteiger partial charge in [0.1, 0.15) is 6.10 Å².